The van der Waals surface area contributed by atoms with Gasteiger partial charge in [0.15, 0.2) is 0 Å². The molecule has 1 aromatic carbocycles. The van der Waals surface area contributed by atoms with Crippen LogP contribution in [0.3, 0.4) is 0 Å². The summed E-state index contributed by atoms with van der Waals surface area (Å²) in [5.74, 6) is 0.586. The Morgan fingerprint density at radius 3 is 2.32 bits per heavy atom. The second kappa shape index (κ2) is 14.4. The van der Waals surface area contributed by atoms with E-state index in [-0.39, 0.29) is 11.6 Å². The molecule has 1 amide bonds. The van der Waals surface area contributed by atoms with Crippen LogP contribution in [-0.2, 0) is 15.7 Å². The first-order valence-electron chi connectivity index (χ1n) is 12.0. The summed E-state index contributed by atoms with van der Waals surface area (Å²) in [4.78, 5) is 16.3. The van der Waals surface area contributed by atoms with E-state index in [1.165, 1.54) is 37.1 Å². The molecule has 1 aliphatic carbocycles. The van der Waals surface area contributed by atoms with E-state index in [1.807, 2.05) is 59.0 Å². The van der Waals surface area contributed by atoms with Gasteiger partial charge in [0.05, 0.1) is 20.9 Å². The van der Waals surface area contributed by atoms with Crippen LogP contribution in [-0.4, -0.2) is 26.9 Å². The zero-order chi connectivity index (χ0) is 25.9. The number of anilines is 1. The summed E-state index contributed by atoms with van der Waals surface area (Å²) in [6.45, 7) is 13.5. The molecule has 9 heteroatoms. The fourth-order valence-corrected chi connectivity index (χ4v) is 5.89. The molecule has 192 valence electrons. The topological polar surface area (TPSA) is 120 Å². The van der Waals surface area contributed by atoms with E-state index in [9.17, 15) is 9.00 Å². The van der Waals surface area contributed by atoms with Crippen molar-refractivity contribution in [2.45, 2.75) is 103 Å². The van der Waals surface area contributed by atoms with Crippen molar-refractivity contribution in [1.82, 2.24) is 9.71 Å². The second-order valence-corrected chi connectivity index (χ2v) is 11.5. The highest BCUT2D eigenvalue weighted by Crippen LogP contribution is 2.39. The molecular weight excluding hydrogens is 468 g/mol. The quantitative estimate of drug-likeness (QED) is 0.404. The monoisotopic (exact) mass is 510 g/mol. The molecule has 34 heavy (non-hydrogen) atoms. The van der Waals surface area contributed by atoms with Crippen molar-refractivity contribution in [3.05, 3.63) is 29.4 Å². The maximum Gasteiger partial charge on any atom is 0.404 e. The number of aromatic nitrogens is 1. The number of rotatable bonds is 5. The molecule has 5 N–H and O–H groups in total. The lowest BCUT2D eigenvalue weighted by Gasteiger charge is -2.21. The predicted molar refractivity (Wildman–Crippen MR) is 144 cm³/mol. The largest absolute Gasteiger partial charge is 0.447 e. The van der Waals surface area contributed by atoms with Gasteiger partial charge in [0.1, 0.15) is 11.0 Å². The molecular formula is C25H42N4O3S2. The summed E-state index contributed by atoms with van der Waals surface area (Å²) < 4.78 is 20.4. The molecule has 1 heterocycles. The molecule has 0 spiro atoms. The van der Waals surface area contributed by atoms with Crippen LogP contribution in [0.2, 0.25) is 0 Å². The normalized spacial score (nSPS) is 14.9. The molecule has 1 saturated carbocycles. The molecule has 1 aliphatic rings. The molecule has 0 bridgehead atoms. The molecule has 3 rings (SSSR count). The number of benzene rings is 1. The van der Waals surface area contributed by atoms with Gasteiger partial charge in [0, 0.05) is 28.9 Å². The average Bonchev–Trinajstić information content (AvgIpc) is 3.24. The molecule has 1 unspecified atom stereocenters. The Balaban J connectivity index is 0.000000553. The van der Waals surface area contributed by atoms with Crippen molar-refractivity contribution in [3.8, 4) is 10.4 Å². The third-order valence-electron chi connectivity index (χ3n) is 4.70. The van der Waals surface area contributed by atoms with Crippen LogP contribution in [0.25, 0.3) is 10.4 Å². The van der Waals surface area contributed by atoms with Crippen molar-refractivity contribution in [2.75, 3.05) is 5.73 Å². The van der Waals surface area contributed by atoms with Gasteiger partial charge in [-0.05, 0) is 59.6 Å². The van der Waals surface area contributed by atoms with Gasteiger partial charge in [-0.15, -0.1) is 11.3 Å². The van der Waals surface area contributed by atoms with Crippen LogP contribution in [0.1, 0.15) is 91.5 Å². The van der Waals surface area contributed by atoms with Crippen LogP contribution in [0.15, 0.2) is 29.3 Å². The summed E-state index contributed by atoms with van der Waals surface area (Å²) in [6.07, 6.45) is 7.52. The summed E-state index contributed by atoms with van der Waals surface area (Å²) in [5.41, 5.74) is 11.9. The number of amides is 1. The standard InChI is InChI=1S/C19H27N3OS2.C4H9NO2.C2H6/c1-19(2,3)22-25(23)17-11-14(20)9-10-15(17)16-12-21-18(24-16)13-7-5-4-6-8-13;1-3(2)7-4(5)6;1-2/h9-13,22H,4-8,20H2,1-3H3;3H,1-2H3,(H2,5,6);1-2H3. The molecule has 0 aliphatic heterocycles. The van der Waals surface area contributed by atoms with E-state index in [1.54, 1.807) is 25.2 Å². The molecule has 1 fully saturated rings. The Bertz CT molecular complexity index is 917. The number of hydrogen-bond acceptors (Lipinski definition) is 6. The Labute approximate surface area is 211 Å². The minimum atomic E-state index is -1.32. The number of ether oxygens (including phenoxy) is 1. The SMILES string of the molecule is CC.CC(C)(C)NS(=O)c1cc(N)ccc1-c1cnc(C2CCCCC2)s1.CC(C)OC(N)=O. The molecule has 0 saturated heterocycles. The van der Waals surface area contributed by atoms with E-state index < -0.39 is 17.1 Å². The maximum atomic E-state index is 12.8. The minimum Gasteiger partial charge on any atom is -0.447 e. The Kier molecular flexibility index (Phi) is 12.8. The number of thiazole rings is 1. The van der Waals surface area contributed by atoms with Crippen molar-refractivity contribution in [2.24, 2.45) is 5.73 Å². The predicted octanol–water partition coefficient (Wildman–Crippen LogP) is 6.37. The molecule has 1 aromatic heterocycles. The smallest absolute Gasteiger partial charge is 0.404 e. The van der Waals surface area contributed by atoms with E-state index >= 15 is 0 Å². The van der Waals surface area contributed by atoms with Crippen molar-refractivity contribution >= 4 is 34.1 Å². The lowest BCUT2D eigenvalue weighted by Crippen LogP contribution is -2.37. The van der Waals surface area contributed by atoms with Crippen LogP contribution in [0.5, 0.6) is 0 Å². The fourth-order valence-electron chi connectivity index (χ4n) is 3.41. The van der Waals surface area contributed by atoms with Gasteiger partial charge in [-0.3, -0.25) is 0 Å². The van der Waals surface area contributed by atoms with E-state index in [0.29, 0.717) is 11.6 Å². The summed E-state index contributed by atoms with van der Waals surface area (Å²) in [6, 6.07) is 5.64. The molecule has 1 atom stereocenters. The first kappa shape index (κ1) is 30.1. The lowest BCUT2D eigenvalue weighted by atomic mass is 9.90. The van der Waals surface area contributed by atoms with Crippen molar-refractivity contribution < 1.29 is 13.7 Å². The second-order valence-electron chi connectivity index (χ2n) is 9.26. The number of carbonyl (C=O) groups excluding carboxylic acids is 1. The summed E-state index contributed by atoms with van der Waals surface area (Å²) >= 11 is 1.73. The van der Waals surface area contributed by atoms with E-state index in [0.717, 1.165) is 15.3 Å². The van der Waals surface area contributed by atoms with Gasteiger partial charge in [-0.2, -0.15) is 0 Å². The Morgan fingerprint density at radius 1 is 1.21 bits per heavy atom. The summed E-state index contributed by atoms with van der Waals surface area (Å²) in [5, 5.41) is 1.21. The number of nitrogens with zero attached hydrogens (tertiary/aromatic N) is 1. The van der Waals surface area contributed by atoms with Crippen molar-refractivity contribution in [3.63, 3.8) is 0 Å². The van der Waals surface area contributed by atoms with Gasteiger partial charge >= 0.3 is 6.09 Å². The Morgan fingerprint density at radius 2 is 1.82 bits per heavy atom. The lowest BCUT2D eigenvalue weighted by molar-refractivity contribution is 0.125. The number of hydrogen-bond donors (Lipinski definition) is 3. The third kappa shape index (κ3) is 10.5. The zero-order valence-corrected chi connectivity index (χ0v) is 23.3. The third-order valence-corrected chi connectivity index (χ3v) is 7.43. The van der Waals surface area contributed by atoms with Gasteiger partial charge in [-0.1, -0.05) is 39.2 Å². The highest BCUT2D eigenvalue weighted by molar-refractivity contribution is 7.83. The zero-order valence-electron chi connectivity index (χ0n) is 21.6. The maximum absolute atomic E-state index is 12.8. The van der Waals surface area contributed by atoms with Crippen LogP contribution in [0, 0.1) is 0 Å². The van der Waals surface area contributed by atoms with Gasteiger partial charge in [0.2, 0.25) is 0 Å². The Hall–Kier alpha value is -1.97. The number of nitrogens with two attached hydrogens (primary N) is 2. The van der Waals surface area contributed by atoms with Crippen molar-refractivity contribution in [1.29, 1.82) is 0 Å². The highest BCUT2D eigenvalue weighted by Gasteiger charge is 2.22. The minimum absolute atomic E-state index is 0.0995. The van der Waals surface area contributed by atoms with Crippen LogP contribution >= 0.6 is 11.3 Å². The van der Waals surface area contributed by atoms with E-state index in [4.69, 9.17) is 5.73 Å². The average molecular weight is 511 g/mol. The molecule has 0 radical (unpaired) electrons. The van der Waals surface area contributed by atoms with Gasteiger partial charge < -0.3 is 16.2 Å². The first-order valence-corrected chi connectivity index (χ1v) is 13.9. The van der Waals surface area contributed by atoms with Crippen LogP contribution < -0.4 is 16.2 Å². The number of carbonyl (C=O) groups is 1. The van der Waals surface area contributed by atoms with Crippen LogP contribution in [0.4, 0.5) is 10.5 Å². The number of nitrogens with one attached hydrogen (secondary N) is 1. The molecule has 2 aromatic rings. The fraction of sp³-hybridized carbons (Fsp3) is 0.600. The van der Waals surface area contributed by atoms with Gasteiger partial charge in [-0.25, -0.2) is 18.7 Å². The van der Waals surface area contributed by atoms with E-state index in [2.05, 4.69) is 20.2 Å². The number of nitrogen functional groups attached to an aromatic ring is 1. The first-order chi connectivity index (χ1) is 16.0. The number of primary amides is 1. The van der Waals surface area contributed by atoms with Gasteiger partial charge in [0.25, 0.3) is 0 Å². The highest BCUT2D eigenvalue weighted by atomic mass is 32.2. The molecule has 7 nitrogen and oxygen atoms in total. The summed E-state index contributed by atoms with van der Waals surface area (Å²) in [7, 11) is -1.32.